The van der Waals surface area contributed by atoms with Crippen molar-refractivity contribution in [1.82, 2.24) is 14.5 Å². The molecule has 3 N–H and O–H groups in total. The second-order valence-corrected chi connectivity index (χ2v) is 7.68. The number of sulfonamides is 1. The van der Waals surface area contributed by atoms with E-state index in [1.807, 2.05) is 30.3 Å². The Kier molecular flexibility index (Phi) is 4.79. The predicted octanol–water partition coefficient (Wildman–Crippen LogP) is 1.67. The zero-order valence-corrected chi connectivity index (χ0v) is 13.7. The molecule has 0 aliphatic heterocycles. The summed E-state index contributed by atoms with van der Waals surface area (Å²) in [6.07, 6.45) is 7.27. The monoisotopic (exact) mass is 334 g/mol. The average molecular weight is 334 g/mol. The van der Waals surface area contributed by atoms with E-state index in [0.29, 0.717) is 12.5 Å². The molecule has 2 aromatic rings. The Hall–Kier alpha value is -1.70. The lowest BCUT2D eigenvalue weighted by molar-refractivity contribution is 0.405. The van der Waals surface area contributed by atoms with Crippen LogP contribution >= 0.6 is 0 Å². The molecule has 1 aliphatic carbocycles. The molecular weight excluding hydrogens is 312 g/mol. The largest absolute Gasteiger partial charge is 0.329 e. The van der Waals surface area contributed by atoms with E-state index in [0.717, 1.165) is 31.4 Å². The maximum absolute atomic E-state index is 12.6. The molecule has 0 radical (unpaired) electrons. The second kappa shape index (κ2) is 6.82. The fraction of sp³-hybridized carbons (Fsp3) is 0.438. The Morgan fingerprint density at radius 2 is 1.96 bits per heavy atom. The van der Waals surface area contributed by atoms with Crippen LogP contribution in [-0.4, -0.2) is 30.8 Å². The average Bonchev–Trinajstić information content (AvgIpc) is 3.25. The fourth-order valence-electron chi connectivity index (χ4n) is 3.13. The molecule has 6 nitrogen and oxygen atoms in total. The van der Waals surface area contributed by atoms with Crippen LogP contribution in [0.4, 0.5) is 0 Å². The molecule has 1 aromatic carbocycles. The Morgan fingerprint density at radius 3 is 2.61 bits per heavy atom. The maximum Gasteiger partial charge on any atom is 0.244 e. The van der Waals surface area contributed by atoms with Crippen LogP contribution in [0.1, 0.15) is 25.7 Å². The highest BCUT2D eigenvalue weighted by Crippen LogP contribution is 2.28. The molecule has 1 unspecified atom stereocenters. The highest BCUT2D eigenvalue weighted by molar-refractivity contribution is 7.89. The van der Waals surface area contributed by atoms with Gasteiger partial charge in [0.2, 0.25) is 10.0 Å². The van der Waals surface area contributed by atoms with Crippen molar-refractivity contribution >= 4 is 10.0 Å². The zero-order valence-electron chi connectivity index (χ0n) is 12.9. The molecule has 1 heterocycles. The number of para-hydroxylation sites is 1. The van der Waals surface area contributed by atoms with Crippen LogP contribution in [0.2, 0.25) is 0 Å². The lowest BCUT2D eigenvalue weighted by Gasteiger charge is -2.22. The fourth-order valence-corrected chi connectivity index (χ4v) is 4.38. The van der Waals surface area contributed by atoms with Gasteiger partial charge in [-0.15, -0.1) is 0 Å². The SMILES string of the molecule is NCC(NS(=O)(=O)c1cnn(-c2ccccc2)c1)C1CCCC1. The van der Waals surface area contributed by atoms with E-state index in [1.165, 1.54) is 12.4 Å². The first-order chi connectivity index (χ1) is 11.1. The lowest BCUT2D eigenvalue weighted by Crippen LogP contribution is -2.44. The Bertz CT molecular complexity index is 736. The molecular formula is C16H22N4O2S. The van der Waals surface area contributed by atoms with Crippen LogP contribution in [0.3, 0.4) is 0 Å². The number of rotatable bonds is 6. The Balaban J connectivity index is 1.78. The van der Waals surface area contributed by atoms with Crippen molar-refractivity contribution in [2.24, 2.45) is 11.7 Å². The van der Waals surface area contributed by atoms with Gasteiger partial charge in [0, 0.05) is 12.6 Å². The van der Waals surface area contributed by atoms with Crippen LogP contribution in [0.5, 0.6) is 0 Å². The van der Waals surface area contributed by atoms with Crippen molar-refractivity contribution in [3.05, 3.63) is 42.7 Å². The first-order valence-corrected chi connectivity index (χ1v) is 9.41. The van der Waals surface area contributed by atoms with Crippen molar-refractivity contribution in [2.45, 2.75) is 36.6 Å². The maximum atomic E-state index is 12.6. The van der Waals surface area contributed by atoms with Crippen molar-refractivity contribution in [3.63, 3.8) is 0 Å². The van der Waals surface area contributed by atoms with Gasteiger partial charge < -0.3 is 5.73 Å². The second-order valence-electron chi connectivity index (χ2n) is 5.96. The number of nitrogens with zero attached hydrogens (tertiary/aromatic N) is 2. The van der Waals surface area contributed by atoms with Gasteiger partial charge >= 0.3 is 0 Å². The first-order valence-electron chi connectivity index (χ1n) is 7.92. The first kappa shape index (κ1) is 16.2. The van der Waals surface area contributed by atoms with Gasteiger partial charge in [0.15, 0.2) is 0 Å². The third-order valence-electron chi connectivity index (χ3n) is 4.42. The number of nitrogens with two attached hydrogens (primary N) is 1. The Labute approximate surface area is 136 Å². The summed E-state index contributed by atoms with van der Waals surface area (Å²) < 4.78 is 29.5. The number of hydrogen-bond acceptors (Lipinski definition) is 4. The van der Waals surface area contributed by atoms with Crippen LogP contribution in [-0.2, 0) is 10.0 Å². The van der Waals surface area contributed by atoms with Crippen LogP contribution in [0.15, 0.2) is 47.6 Å². The lowest BCUT2D eigenvalue weighted by atomic mass is 9.99. The van der Waals surface area contributed by atoms with Crippen molar-refractivity contribution in [1.29, 1.82) is 0 Å². The highest BCUT2D eigenvalue weighted by Gasteiger charge is 2.29. The number of aromatic nitrogens is 2. The summed E-state index contributed by atoms with van der Waals surface area (Å²) in [5, 5.41) is 4.15. The van der Waals surface area contributed by atoms with E-state index >= 15 is 0 Å². The molecule has 1 aromatic heterocycles. The zero-order chi connectivity index (χ0) is 16.3. The smallest absolute Gasteiger partial charge is 0.244 e. The molecule has 124 valence electrons. The molecule has 7 heteroatoms. The quantitative estimate of drug-likeness (QED) is 0.841. The molecule has 1 aliphatic rings. The van der Waals surface area contributed by atoms with Gasteiger partial charge in [0.25, 0.3) is 0 Å². The summed E-state index contributed by atoms with van der Waals surface area (Å²) in [6.45, 7) is 0.316. The van der Waals surface area contributed by atoms with E-state index in [1.54, 1.807) is 4.68 Å². The van der Waals surface area contributed by atoms with Gasteiger partial charge in [-0.25, -0.2) is 17.8 Å². The molecule has 0 saturated heterocycles. The Morgan fingerprint density at radius 1 is 1.26 bits per heavy atom. The molecule has 1 atom stereocenters. The van der Waals surface area contributed by atoms with Gasteiger partial charge in [-0.3, -0.25) is 0 Å². The van der Waals surface area contributed by atoms with Crippen molar-refractivity contribution < 1.29 is 8.42 Å². The van der Waals surface area contributed by atoms with E-state index in [-0.39, 0.29) is 10.9 Å². The minimum Gasteiger partial charge on any atom is -0.329 e. The van der Waals surface area contributed by atoms with E-state index < -0.39 is 10.0 Å². The summed E-state index contributed by atoms with van der Waals surface area (Å²) >= 11 is 0. The number of benzene rings is 1. The molecule has 0 amide bonds. The molecule has 1 saturated carbocycles. The van der Waals surface area contributed by atoms with Gasteiger partial charge in [-0.05, 0) is 30.9 Å². The van der Waals surface area contributed by atoms with E-state index in [4.69, 9.17) is 5.73 Å². The minimum atomic E-state index is -3.61. The highest BCUT2D eigenvalue weighted by atomic mass is 32.2. The third-order valence-corrected chi connectivity index (χ3v) is 5.86. The van der Waals surface area contributed by atoms with Crippen LogP contribution in [0.25, 0.3) is 5.69 Å². The number of hydrogen-bond donors (Lipinski definition) is 2. The summed E-state index contributed by atoms with van der Waals surface area (Å²) in [5.74, 6) is 0.332. The third kappa shape index (κ3) is 3.63. The van der Waals surface area contributed by atoms with Crippen LogP contribution in [0, 0.1) is 5.92 Å². The molecule has 3 rings (SSSR count). The topological polar surface area (TPSA) is 90.0 Å². The predicted molar refractivity (Wildman–Crippen MR) is 88.7 cm³/mol. The summed E-state index contributed by atoms with van der Waals surface area (Å²) in [4.78, 5) is 0.165. The van der Waals surface area contributed by atoms with Gasteiger partial charge in [0.1, 0.15) is 4.90 Å². The van der Waals surface area contributed by atoms with Gasteiger partial charge in [-0.1, -0.05) is 31.0 Å². The van der Waals surface area contributed by atoms with Crippen molar-refractivity contribution in [2.75, 3.05) is 6.54 Å². The normalized spacial score (nSPS) is 17.4. The van der Waals surface area contributed by atoms with E-state index in [2.05, 4.69) is 9.82 Å². The van der Waals surface area contributed by atoms with Gasteiger partial charge in [0.05, 0.1) is 18.1 Å². The summed E-state index contributed by atoms with van der Waals surface area (Å²) in [5.41, 5.74) is 6.61. The molecule has 0 spiro atoms. The molecule has 1 fully saturated rings. The summed E-state index contributed by atoms with van der Waals surface area (Å²) in [6, 6.07) is 9.21. The molecule has 0 bridgehead atoms. The van der Waals surface area contributed by atoms with E-state index in [9.17, 15) is 8.42 Å². The molecule has 23 heavy (non-hydrogen) atoms. The minimum absolute atomic E-state index is 0.165. The van der Waals surface area contributed by atoms with Crippen LogP contribution < -0.4 is 10.5 Å². The number of nitrogens with one attached hydrogen (secondary N) is 1. The van der Waals surface area contributed by atoms with Gasteiger partial charge in [-0.2, -0.15) is 5.10 Å². The standard InChI is InChI=1S/C16H22N4O2S/c17-10-16(13-6-4-5-7-13)19-23(21,22)15-11-18-20(12-15)14-8-2-1-3-9-14/h1-3,8-9,11-13,16,19H,4-7,10,17H2. The summed E-state index contributed by atoms with van der Waals surface area (Å²) in [7, 11) is -3.61. The van der Waals surface area contributed by atoms with Crippen molar-refractivity contribution in [3.8, 4) is 5.69 Å².